The fourth-order valence-electron chi connectivity index (χ4n) is 1.95. The second-order valence-corrected chi connectivity index (χ2v) is 5.57. The minimum atomic E-state index is -0.369. The molecule has 0 fully saturated rings. The predicted octanol–water partition coefficient (Wildman–Crippen LogP) is 1.28. The fourth-order valence-corrected chi connectivity index (χ4v) is 2.34. The van der Waals surface area contributed by atoms with Crippen molar-refractivity contribution in [3.8, 4) is 0 Å². The molecule has 1 aromatic carbocycles. The molecule has 0 bridgehead atoms. The normalized spacial score (nSPS) is 10.9. The lowest BCUT2D eigenvalue weighted by Gasteiger charge is -2.11. The van der Waals surface area contributed by atoms with Crippen molar-refractivity contribution in [3.05, 3.63) is 66.7 Å². The Morgan fingerprint density at radius 1 is 1.14 bits per heavy atom. The summed E-state index contributed by atoms with van der Waals surface area (Å²) in [4.78, 5) is 23.4. The Morgan fingerprint density at radius 2 is 1.86 bits per heavy atom. The minimum absolute atomic E-state index is 0.309. The lowest BCUT2D eigenvalue weighted by molar-refractivity contribution is 0.594. The zero-order valence-electron chi connectivity index (χ0n) is 11.7. The van der Waals surface area contributed by atoms with Crippen LogP contribution in [0.1, 0.15) is 11.3 Å². The van der Waals surface area contributed by atoms with E-state index >= 15 is 0 Å². The van der Waals surface area contributed by atoms with Crippen LogP contribution in [0.15, 0.2) is 38.3 Å². The van der Waals surface area contributed by atoms with Gasteiger partial charge in [-0.05, 0) is 23.8 Å². The van der Waals surface area contributed by atoms with E-state index < -0.39 is 0 Å². The van der Waals surface area contributed by atoms with Crippen LogP contribution in [0, 0.1) is 5.82 Å². The van der Waals surface area contributed by atoms with Crippen LogP contribution in [-0.2, 0) is 27.2 Å². The summed E-state index contributed by atoms with van der Waals surface area (Å²) < 4.78 is 16.4. The Bertz CT molecular complexity index is 783. The molecule has 2 rings (SSSR count). The molecule has 0 saturated carbocycles. The maximum absolute atomic E-state index is 13.2. The largest absolute Gasteiger partial charge is 0.330 e. The van der Waals surface area contributed by atoms with Gasteiger partial charge in [0.05, 0.1) is 0 Å². The standard InChI is InChI=1S/C14H15BrFN3O2/c1-18-11(6-13(20)19(2)14(18)21)8-17-7-9-5-10(16)3-4-12(9)15/h3-6,17H,7-8H2,1-2H3. The van der Waals surface area contributed by atoms with Crippen LogP contribution in [0.4, 0.5) is 4.39 Å². The zero-order valence-corrected chi connectivity index (χ0v) is 13.3. The minimum Gasteiger partial charge on any atom is -0.307 e. The average molecular weight is 356 g/mol. The van der Waals surface area contributed by atoms with Gasteiger partial charge in [-0.25, -0.2) is 9.18 Å². The summed E-state index contributed by atoms with van der Waals surface area (Å²) in [5.41, 5.74) is 0.632. The van der Waals surface area contributed by atoms with Crippen molar-refractivity contribution in [1.82, 2.24) is 14.5 Å². The fraction of sp³-hybridized carbons (Fsp3) is 0.286. The van der Waals surface area contributed by atoms with Crippen LogP contribution in [0.2, 0.25) is 0 Å². The summed E-state index contributed by atoms with van der Waals surface area (Å²) in [6.45, 7) is 0.756. The molecule has 5 nitrogen and oxygen atoms in total. The van der Waals surface area contributed by atoms with Crippen molar-refractivity contribution in [3.63, 3.8) is 0 Å². The third-order valence-electron chi connectivity index (χ3n) is 3.25. The van der Waals surface area contributed by atoms with Crippen LogP contribution in [-0.4, -0.2) is 9.13 Å². The Morgan fingerprint density at radius 3 is 2.57 bits per heavy atom. The molecule has 2 aromatic rings. The highest BCUT2D eigenvalue weighted by Crippen LogP contribution is 2.17. The summed E-state index contributed by atoms with van der Waals surface area (Å²) in [5.74, 6) is -0.309. The Balaban J connectivity index is 2.13. The zero-order chi connectivity index (χ0) is 15.6. The lowest BCUT2D eigenvalue weighted by Crippen LogP contribution is -2.39. The van der Waals surface area contributed by atoms with Crippen LogP contribution in [0.5, 0.6) is 0 Å². The Hall–Kier alpha value is -1.73. The van der Waals surface area contributed by atoms with E-state index in [0.717, 1.165) is 14.6 Å². The number of hydrogen-bond donors (Lipinski definition) is 1. The van der Waals surface area contributed by atoms with Gasteiger partial charge >= 0.3 is 5.69 Å². The SMILES string of the molecule is Cn1c(CNCc2cc(F)ccc2Br)cc(=O)n(C)c1=O. The number of nitrogens with one attached hydrogen (secondary N) is 1. The van der Waals surface area contributed by atoms with E-state index in [1.165, 1.54) is 29.8 Å². The molecule has 0 aliphatic heterocycles. The van der Waals surface area contributed by atoms with Gasteiger partial charge in [-0.15, -0.1) is 0 Å². The summed E-state index contributed by atoms with van der Waals surface area (Å²) >= 11 is 3.35. The average Bonchev–Trinajstić information content (AvgIpc) is 2.45. The van der Waals surface area contributed by atoms with Crippen molar-refractivity contribution in [2.45, 2.75) is 13.1 Å². The first kappa shape index (κ1) is 15.7. The lowest BCUT2D eigenvalue weighted by atomic mass is 10.2. The van der Waals surface area contributed by atoms with Gasteiger partial charge in [0.1, 0.15) is 5.82 Å². The third kappa shape index (κ3) is 3.48. The summed E-state index contributed by atoms with van der Waals surface area (Å²) in [6, 6.07) is 5.85. The molecule has 0 saturated heterocycles. The van der Waals surface area contributed by atoms with Gasteiger partial charge in [-0.3, -0.25) is 13.9 Å². The second-order valence-electron chi connectivity index (χ2n) is 4.71. The van der Waals surface area contributed by atoms with Gasteiger partial charge in [-0.2, -0.15) is 0 Å². The van der Waals surface area contributed by atoms with Crippen molar-refractivity contribution < 1.29 is 4.39 Å². The van der Waals surface area contributed by atoms with E-state index in [-0.39, 0.29) is 17.1 Å². The molecule has 0 atom stereocenters. The molecule has 0 spiro atoms. The predicted molar refractivity (Wildman–Crippen MR) is 81.6 cm³/mol. The Kier molecular flexibility index (Phi) is 4.74. The molecule has 21 heavy (non-hydrogen) atoms. The van der Waals surface area contributed by atoms with E-state index in [1.54, 1.807) is 13.1 Å². The highest BCUT2D eigenvalue weighted by Gasteiger charge is 2.06. The first-order chi connectivity index (χ1) is 9.90. The smallest absolute Gasteiger partial charge is 0.307 e. The molecule has 0 aliphatic carbocycles. The van der Waals surface area contributed by atoms with Crippen LogP contribution in [0.25, 0.3) is 0 Å². The number of benzene rings is 1. The second kappa shape index (κ2) is 6.36. The number of rotatable bonds is 4. The Labute approximate surface area is 129 Å². The van der Waals surface area contributed by atoms with E-state index in [9.17, 15) is 14.0 Å². The quantitative estimate of drug-likeness (QED) is 0.898. The first-order valence-electron chi connectivity index (χ1n) is 6.30. The van der Waals surface area contributed by atoms with Crippen LogP contribution >= 0.6 is 15.9 Å². The van der Waals surface area contributed by atoms with E-state index in [1.807, 2.05) is 0 Å². The molecule has 0 radical (unpaired) electrons. The summed E-state index contributed by atoms with van der Waals surface area (Å²) in [5, 5.41) is 3.10. The number of nitrogens with zero attached hydrogens (tertiary/aromatic N) is 2. The van der Waals surface area contributed by atoms with Gasteiger partial charge in [-0.1, -0.05) is 15.9 Å². The highest BCUT2D eigenvalue weighted by atomic mass is 79.9. The molecular formula is C14H15BrFN3O2. The summed E-state index contributed by atoms with van der Waals surface area (Å²) in [6.07, 6.45) is 0. The van der Waals surface area contributed by atoms with Gasteiger partial charge in [0, 0.05) is 43.4 Å². The first-order valence-corrected chi connectivity index (χ1v) is 7.10. The molecule has 0 unspecified atom stereocenters. The highest BCUT2D eigenvalue weighted by molar-refractivity contribution is 9.10. The molecular weight excluding hydrogens is 341 g/mol. The number of aromatic nitrogens is 2. The van der Waals surface area contributed by atoms with Gasteiger partial charge in [0.25, 0.3) is 5.56 Å². The molecule has 0 aliphatic rings. The number of halogens is 2. The number of hydrogen-bond acceptors (Lipinski definition) is 3. The van der Waals surface area contributed by atoms with E-state index in [2.05, 4.69) is 21.2 Å². The maximum Gasteiger partial charge on any atom is 0.330 e. The van der Waals surface area contributed by atoms with Crippen molar-refractivity contribution in [1.29, 1.82) is 0 Å². The molecule has 0 amide bonds. The van der Waals surface area contributed by atoms with Crippen molar-refractivity contribution >= 4 is 15.9 Å². The van der Waals surface area contributed by atoms with Crippen LogP contribution < -0.4 is 16.6 Å². The van der Waals surface area contributed by atoms with Gasteiger partial charge in [0.15, 0.2) is 0 Å². The van der Waals surface area contributed by atoms with Gasteiger partial charge < -0.3 is 5.32 Å². The third-order valence-corrected chi connectivity index (χ3v) is 4.03. The van der Waals surface area contributed by atoms with Crippen molar-refractivity contribution in [2.75, 3.05) is 0 Å². The monoisotopic (exact) mass is 355 g/mol. The topological polar surface area (TPSA) is 56.0 Å². The molecule has 112 valence electrons. The van der Waals surface area contributed by atoms with Crippen LogP contribution in [0.3, 0.4) is 0 Å². The summed E-state index contributed by atoms with van der Waals surface area (Å²) in [7, 11) is 3.04. The van der Waals surface area contributed by atoms with E-state index in [4.69, 9.17) is 0 Å². The molecule has 1 N–H and O–H groups in total. The van der Waals surface area contributed by atoms with Gasteiger partial charge in [0.2, 0.25) is 0 Å². The molecule has 7 heteroatoms. The van der Waals surface area contributed by atoms with Crippen molar-refractivity contribution in [2.24, 2.45) is 14.1 Å². The molecule has 1 heterocycles. The molecule has 1 aromatic heterocycles. The van der Waals surface area contributed by atoms with E-state index in [0.29, 0.717) is 18.8 Å². The maximum atomic E-state index is 13.2.